The van der Waals surface area contributed by atoms with Gasteiger partial charge in [-0.15, -0.1) is 53.2 Å². The van der Waals surface area contributed by atoms with Crippen molar-refractivity contribution < 1.29 is 14.2 Å². The van der Waals surface area contributed by atoms with Gasteiger partial charge >= 0.3 is 0 Å². The Labute approximate surface area is 238 Å². The highest BCUT2D eigenvalue weighted by molar-refractivity contribution is 8.16. The van der Waals surface area contributed by atoms with Crippen LogP contribution >= 0.6 is 37.9 Å². The monoisotopic (exact) mass is 574 g/mol. The van der Waals surface area contributed by atoms with Gasteiger partial charge in [-0.25, -0.2) is 9.37 Å². The van der Waals surface area contributed by atoms with Gasteiger partial charge in [0.1, 0.15) is 11.9 Å². The molecule has 2 fully saturated rings. The van der Waals surface area contributed by atoms with Gasteiger partial charge in [-0.2, -0.15) is 5.10 Å². The number of anilines is 1. The van der Waals surface area contributed by atoms with Gasteiger partial charge in [0.15, 0.2) is 11.6 Å². The van der Waals surface area contributed by atoms with Gasteiger partial charge in [-0.1, -0.05) is 26.3 Å². The predicted octanol–water partition coefficient (Wildman–Crippen LogP) is 5.61. The number of benzene rings is 1. The maximum Gasteiger partial charge on any atom is 0.243 e. The zero-order chi connectivity index (χ0) is 27.3. The van der Waals surface area contributed by atoms with E-state index in [0.717, 1.165) is 32.1 Å². The molecule has 1 N–H and O–H groups in total. The Hall–Kier alpha value is -2.31. The third-order valence-corrected chi connectivity index (χ3v) is 8.19. The lowest BCUT2D eigenvalue weighted by atomic mass is 9.54. The molecule has 1 aromatic carbocycles. The average molecular weight is 575 g/mol. The molecule has 2 bridgehead atoms. The molecule has 0 unspecified atom stereocenters. The first-order valence-corrected chi connectivity index (χ1v) is 13.8. The number of hydrogen-bond acceptors (Lipinski definition) is 11. The third kappa shape index (κ3) is 5.53. The van der Waals surface area contributed by atoms with Crippen molar-refractivity contribution in [3.05, 3.63) is 36.7 Å². The summed E-state index contributed by atoms with van der Waals surface area (Å²) in [6.45, 7) is 4.36. The summed E-state index contributed by atoms with van der Waals surface area (Å²) in [4.78, 5) is 6.33. The van der Waals surface area contributed by atoms with E-state index in [9.17, 15) is 5.11 Å². The normalized spacial score (nSPS) is 27.1. The standard InChI is InChI=1S/C26H31FN6O2S3/c1-24-7-4-8-25(2,14-24)22(27)18(11-24)33(3)20-13-28-23(32-30-20)17-6-5-15(9-19(17)34)16-10-21(31-29-12-16)35-26(36,37)38/h5-6,9-10,12-13,18,22,34,36-38H,4,7-8,11,14H2,1-3H3/t18-,22-,24-,25-/m1/s1. The molecule has 0 saturated heterocycles. The van der Waals surface area contributed by atoms with E-state index in [1.807, 2.05) is 11.9 Å². The molecule has 8 nitrogen and oxygen atoms in total. The van der Waals surface area contributed by atoms with E-state index in [-0.39, 0.29) is 34.3 Å². The minimum absolute atomic E-state index is 0.0265. The molecule has 0 spiro atoms. The van der Waals surface area contributed by atoms with Crippen molar-refractivity contribution in [2.24, 2.45) is 10.8 Å². The second-order valence-electron chi connectivity index (χ2n) is 11.1. The van der Waals surface area contributed by atoms with E-state index in [4.69, 9.17) is 4.74 Å². The van der Waals surface area contributed by atoms with Crippen LogP contribution in [0.15, 0.2) is 36.7 Å². The Bertz CT molecular complexity index is 1330. The van der Waals surface area contributed by atoms with Crippen molar-refractivity contribution in [3.8, 4) is 34.1 Å². The van der Waals surface area contributed by atoms with Crippen molar-refractivity contribution in [2.45, 2.75) is 61.8 Å². The number of fused-ring (bicyclic) bond motifs is 2. The first-order valence-electron chi connectivity index (χ1n) is 12.5. The van der Waals surface area contributed by atoms with E-state index in [2.05, 4.69) is 77.1 Å². The molecule has 5 rings (SSSR count). The van der Waals surface area contributed by atoms with Crippen molar-refractivity contribution in [1.29, 1.82) is 0 Å². The van der Waals surface area contributed by atoms with Gasteiger partial charge in [0.05, 0.1) is 24.0 Å². The van der Waals surface area contributed by atoms with Crippen LogP contribution in [-0.4, -0.2) is 53.3 Å². The van der Waals surface area contributed by atoms with E-state index >= 15 is 4.39 Å². The van der Waals surface area contributed by atoms with Crippen LogP contribution in [0, 0.1) is 10.8 Å². The molecule has 0 aliphatic heterocycles. The Morgan fingerprint density at radius 3 is 2.55 bits per heavy atom. The topological polar surface area (TPSA) is 97.2 Å². The molecule has 2 heterocycles. The fraction of sp³-hybridized carbons (Fsp3) is 0.500. The molecule has 3 aromatic rings. The van der Waals surface area contributed by atoms with Gasteiger partial charge in [-0.05, 0) is 48.8 Å². The van der Waals surface area contributed by atoms with Crippen LogP contribution in [0.5, 0.6) is 11.6 Å². The largest absolute Gasteiger partial charge is 0.507 e. The molecule has 2 aliphatic carbocycles. The molecular weight excluding hydrogens is 544 g/mol. The van der Waals surface area contributed by atoms with Crippen LogP contribution in [0.3, 0.4) is 0 Å². The van der Waals surface area contributed by atoms with Crippen molar-refractivity contribution in [3.63, 3.8) is 0 Å². The highest BCUT2D eigenvalue weighted by atomic mass is 32.2. The molecule has 4 atom stereocenters. The second kappa shape index (κ2) is 10.0. The lowest BCUT2D eigenvalue weighted by Gasteiger charge is -2.55. The summed E-state index contributed by atoms with van der Waals surface area (Å²) < 4.78 is 19.8. The summed E-state index contributed by atoms with van der Waals surface area (Å²) in [6.07, 6.45) is 7.01. The summed E-state index contributed by atoms with van der Waals surface area (Å²) in [6, 6.07) is 6.43. The van der Waals surface area contributed by atoms with Crippen molar-refractivity contribution in [2.75, 3.05) is 11.9 Å². The summed E-state index contributed by atoms with van der Waals surface area (Å²) in [5, 5.41) is 27.2. The van der Waals surface area contributed by atoms with Crippen molar-refractivity contribution >= 4 is 43.7 Å². The van der Waals surface area contributed by atoms with Crippen molar-refractivity contribution in [1.82, 2.24) is 25.4 Å². The fourth-order valence-corrected chi connectivity index (χ4v) is 6.49. The number of phenolic OH excluding ortho intramolecular Hbond substituents is 1. The second-order valence-corrected chi connectivity index (χ2v) is 14.1. The number of rotatable bonds is 6. The number of aromatic hydroxyl groups is 1. The van der Waals surface area contributed by atoms with Gasteiger partial charge in [0, 0.05) is 24.1 Å². The van der Waals surface area contributed by atoms with Crippen LogP contribution in [-0.2, 0) is 0 Å². The Balaban J connectivity index is 1.35. The number of phenols is 1. The molecule has 12 heteroatoms. The van der Waals surface area contributed by atoms with Crippen LogP contribution in [0.25, 0.3) is 22.5 Å². The third-order valence-electron chi connectivity index (χ3n) is 7.92. The number of ether oxygens (including phenoxy) is 1. The lowest BCUT2D eigenvalue weighted by Crippen LogP contribution is -2.57. The minimum atomic E-state index is -1.32. The zero-order valence-electron chi connectivity index (χ0n) is 21.4. The predicted molar refractivity (Wildman–Crippen MR) is 155 cm³/mol. The Morgan fingerprint density at radius 1 is 1.08 bits per heavy atom. The van der Waals surface area contributed by atoms with E-state index < -0.39 is 9.77 Å². The number of nitrogens with zero attached hydrogens (tertiary/aromatic N) is 6. The maximum absolute atomic E-state index is 15.7. The zero-order valence-corrected chi connectivity index (χ0v) is 24.1. The molecular formula is C26H31FN6O2S3. The summed E-state index contributed by atoms with van der Waals surface area (Å²) in [5.74, 6) is 0.929. The average Bonchev–Trinajstić information content (AvgIpc) is 2.85. The van der Waals surface area contributed by atoms with Gasteiger partial charge in [0.25, 0.3) is 0 Å². The molecule has 38 heavy (non-hydrogen) atoms. The number of thiol groups is 3. The first-order chi connectivity index (χ1) is 17.9. The summed E-state index contributed by atoms with van der Waals surface area (Å²) in [7, 11) is 1.86. The highest BCUT2D eigenvalue weighted by Gasteiger charge is 2.54. The summed E-state index contributed by atoms with van der Waals surface area (Å²) in [5.41, 5.74) is 1.58. The van der Waals surface area contributed by atoms with Crippen LogP contribution in [0.1, 0.15) is 46.0 Å². The molecule has 202 valence electrons. The number of hydrogen-bond donors (Lipinski definition) is 4. The van der Waals surface area contributed by atoms with Crippen LogP contribution < -0.4 is 9.64 Å². The summed E-state index contributed by atoms with van der Waals surface area (Å²) >= 11 is 12.3. The Morgan fingerprint density at radius 2 is 1.87 bits per heavy atom. The first kappa shape index (κ1) is 27.3. The van der Waals surface area contributed by atoms with E-state index in [1.165, 1.54) is 0 Å². The quantitative estimate of drug-likeness (QED) is 0.223. The fourth-order valence-electron chi connectivity index (χ4n) is 6.21. The van der Waals surface area contributed by atoms with Gasteiger partial charge < -0.3 is 14.7 Å². The molecule has 2 saturated carbocycles. The Kier molecular flexibility index (Phi) is 7.19. The number of halogens is 1. The maximum atomic E-state index is 15.7. The smallest absolute Gasteiger partial charge is 0.243 e. The minimum Gasteiger partial charge on any atom is -0.507 e. The molecule has 0 radical (unpaired) electrons. The highest BCUT2D eigenvalue weighted by Crippen LogP contribution is 2.57. The van der Waals surface area contributed by atoms with Gasteiger partial charge in [-0.3, -0.25) is 0 Å². The molecule has 0 amide bonds. The van der Waals surface area contributed by atoms with Crippen LogP contribution in [0.2, 0.25) is 0 Å². The van der Waals surface area contributed by atoms with Gasteiger partial charge in [0.2, 0.25) is 9.48 Å². The SMILES string of the molecule is CN(c1cnc(-c2ccc(-c3cnnc(OC(S)(S)S)c3)cc2O)nn1)[C@@H]1C[C@@]2(C)CCC[C@](C)(C2)[C@@H]1F. The number of alkyl halides is 1. The lowest BCUT2D eigenvalue weighted by molar-refractivity contribution is -0.0540. The number of aromatic nitrogens is 5. The van der Waals surface area contributed by atoms with Crippen LogP contribution in [0.4, 0.5) is 10.2 Å². The molecule has 2 aromatic heterocycles. The van der Waals surface area contributed by atoms with E-state index in [0.29, 0.717) is 22.5 Å². The molecule has 2 aliphatic rings. The van der Waals surface area contributed by atoms with E-state index in [1.54, 1.807) is 36.7 Å².